The van der Waals surface area contributed by atoms with Crippen molar-refractivity contribution < 1.29 is 18.6 Å². The van der Waals surface area contributed by atoms with Gasteiger partial charge in [-0.25, -0.2) is 0 Å². The highest BCUT2D eigenvalue weighted by Gasteiger charge is 2.53. The third-order valence-corrected chi connectivity index (χ3v) is 21.3. The molecule has 2 saturated heterocycles. The van der Waals surface area contributed by atoms with E-state index in [0.717, 1.165) is 25.3 Å². The molecule has 0 radical (unpaired) electrons. The van der Waals surface area contributed by atoms with E-state index in [1.54, 1.807) is 0 Å². The van der Waals surface area contributed by atoms with E-state index in [2.05, 4.69) is 316 Å². The molecule has 462 valence electrons. The van der Waals surface area contributed by atoms with Crippen LogP contribution in [0, 0.1) is 0 Å². The predicted octanol–water partition coefficient (Wildman–Crippen LogP) is 23.1. The maximum absolute atomic E-state index is 6.63. The lowest BCUT2D eigenvalue weighted by molar-refractivity contribution is 0.00578. The smallest absolute Gasteiger partial charge is 0.399 e. The molecule has 2 heterocycles. The first-order chi connectivity index (χ1) is 41.9. The molecule has 2 aliphatic heterocycles. The Hall–Kier alpha value is -5.83. The Morgan fingerprint density at radius 2 is 0.500 bits per heavy atom. The van der Waals surface area contributed by atoms with E-state index < -0.39 is 36.6 Å². The molecule has 4 nitrogen and oxygen atoms in total. The molecule has 8 heteroatoms. The molecule has 12 aromatic carbocycles. The van der Waals surface area contributed by atoms with Gasteiger partial charge in [-0.2, -0.15) is 0 Å². The van der Waals surface area contributed by atoms with Gasteiger partial charge in [0.05, 0.1) is 22.4 Å². The van der Waals surface area contributed by atoms with Crippen LogP contribution in [0.25, 0.3) is 108 Å². The standard InChI is InChI=1S/C40H50B2O4.C40H34Br2.C2H6/c1-35(2,3)25-15-23-16-26(36(4,5)6)20-30-32-22-28(42-45-39(11,12)40(13,14)46-42)18-24-17-27(41-43-37(7,8)38(9,10)44-41)21-31(34(24)32)29(19-25)33(23)30;1-39(2,3)29-17-28-18-30(40(4,5)6)22-36-34-20-26(24-9-13-32(42)14-10-24)16-27-15-25(23-7-11-31(41)12-8-23)19-33(37(27)34)35(21-29)38(28)36;1-2/h15-22H,1-14H3;7-22H,1-6H3;1-2H3. The second-order valence-electron chi connectivity index (χ2n) is 31.9. The van der Waals surface area contributed by atoms with Crippen LogP contribution >= 0.6 is 31.9 Å². The van der Waals surface area contributed by atoms with Gasteiger partial charge in [0.25, 0.3) is 0 Å². The summed E-state index contributed by atoms with van der Waals surface area (Å²) < 4.78 is 28.7. The molecule has 90 heavy (non-hydrogen) atoms. The van der Waals surface area contributed by atoms with Crippen molar-refractivity contribution in [2.75, 3.05) is 0 Å². The SMILES string of the molecule is CC.CC(C)(C)c1cc2cc(C(C)(C)C)cc3c4cc(-c5ccc(Br)cc5)cc5cc(-c6ccc(Br)cc6)cc(c(c1)c23)c54.CC(C)(C)c1cc2cc(C(C)(C)C)cc3c4cc(B5OC(C)(C)C(C)(C)O5)cc5cc(B6OC(C)(C)C(C)(C)O6)cc(c(c1)c23)c54. The number of hydrogen-bond acceptors (Lipinski definition) is 4. The third kappa shape index (κ3) is 11.2. The van der Waals surface area contributed by atoms with E-state index in [1.165, 1.54) is 125 Å². The summed E-state index contributed by atoms with van der Waals surface area (Å²) in [5.74, 6) is 0. The zero-order valence-electron chi connectivity index (χ0n) is 57.4. The first-order valence-corrected chi connectivity index (χ1v) is 34.2. The summed E-state index contributed by atoms with van der Waals surface area (Å²) in [5, 5.41) is 20.7. The number of benzene rings is 12. The van der Waals surface area contributed by atoms with E-state index in [-0.39, 0.29) is 21.7 Å². The predicted molar refractivity (Wildman–Crippen MR) is 399 cm³/mol. The van der Waals surface area contributed by atoms with Gasteiger partial charge in [-0.3, -0.25) is 0 Å². The molecule has 0 N–H and O–H groups in total. The van der Waals surface area contributed by atoms with Gasteiger partial charge in [0.1, 0.15) is 0 Å². The van der Waals surface area contributed by atoms with Crippen LogP contribution in [0.1, 0.15) is 175 Å². The van der Waals surface area contributed by atoms with Crippen LogP contribution in [-0.2, 0) is 40.3 Å². The summed E-state index contributed by atoms with van der Waals surface area (Å²) in [6.07, 6.45) is 0. The zero-order chi connectivity index (χ0) is 65.1. The van der Waals surface area contributed by atoms with Crippen LogP contribution < -0.4 is 10.9 Å². The number of halogens is 2. The van der Waals surface area contributed by atoms with Gasteiger partial charge in [-0.1, -0.05) is 202 Å². The molecule has 0 aliphatic carbocycles. The molecule has 0 saturated carbocycles. The molecule has 0 aromatic heterocycles. The van der Waals surface area contributed by atoms with Gasteiger partial charge < -0.3 is 18.6 Å². The van der Waals surface area contributed by atoms with Crippen molar-refractivity contribution in [3.63, 3.8) is 0 Å². The van der Waals surface area contributed by atoms with Crippen molar-refractivity contribution in [2.24, 2.45) is 0 Å². The Morgan fingerprint density at radius 1 is 0.278 bits per heavy atom. The fraction of sp³-hybridized carbons (Fsp3) is 0.366. The maximum Gasteiger partial charge on any atom is 0.494 e. The van der Waals surface area contributed by atoms with Crippen LogP contribution in [0.2, 0.25) is 0 Å². The highest BCUT2D eigenvalue weighted by Crippen LogP contribution is 2.49. The van der Waals surface area contributed by atoms with Crippen molar-refractivity contribution in [3.8, 4) is 22.3 Å². The average Bonchev–Trinajstić information content (AvgIpc) is 0.833. The van der Waals surface area contributed by atoms with E-state index in [4.69, 9.17) is 18.6 Å². The molecule has 2 aliphatic rings. The Bertz CT molecular complexity index is 4480. The molecule has 12 aromatic rings. The summed E-state index contributed by atoms with van der Waals surface area (Å²) >= 11 is 7.25. The fourth-order valence-electron chi connectivity index (χ4n) is 13.4. The molecule has 2 fully saturated rings. The topological polar surface area (TPSA) is 36.9 Å². The van der Waals surface area contributed by atoms with Crippen molar-refractivity contribution in [1.82, 2.24) is 0 Å². The summed E-state index contributed by atoms with van der Waals surface area (Å²) in [6.45, 7) is 48.7. The van der Waals surface area contributed by atoms with Crippen LogP contribution in [0.15, 0.2) is 155 Å². The van der Waals surface area contributed by atoms with Crippen LogP contribution in [-0.4, -0.2) is 36.6 Å². The van der Waals surface area contributed by atoms with Crippen LogP contribution in [0.4, 0.5) is 0 Å². The normalized spacial score (nSPS) is 16.8. The minimum Gasteiger partial charge on any atom is -0.399 e. The highest BCUT2D eigenvalue weighted by molar-refractivity contribution is 9.10. The largest absolute Gasteiger partial charge is 0.494 e. The van der Waals surface area contributed by atoms with Crippen LogP contribution in [0.3, 0.4) is 0 Å². The Balaban J connectivity index is 0.000000170. The Kier molecular flexibility index (Phi) is 15.6. The van der Waals surface area contributed by atoms with E-state index in [1.807, 2.05) is 13.8 Å². The van der Waals surface area contributed by atoms with E-state index in [9.17, 15) is 0 Å². The first-order valence-electron chi connectivity index (χ1n) is 32.6. The molecule has 0 atom stereocenters. The quantitative estimate of drug-likeness (QED) is 0.1000. The molecule has 0 amide bonds. The van der Waals surface area contributed by atoms with E-state index in [0.29, 0.717) is 0 Å². The lowest BCUT2D eigenvalue weighted by atomic mass is 9.72. The van der Waals surface area contributed by atoms with Crippen molar-refractivity contribution >= 4 is 143 Å². The van der Waals surface area contributed by atoms with Crippen molar-refractivity contribution in [3.05, 3.63) is 177 Å². The Morgan fingerprint density at radius 3 is 0.756 bits per heavy atom. The zero-order valence-corrected chi connectivity index (χ0v) is 60.6. The highest BCUT2D eigenvalue weighted by atomic mass is 79.9. The number of hydrogen-bond donors (Lipinski definition) is 0. The molecule has 0 spiro atoms. The first kappa shape index (κ1) is 64.3. The van der Waals surface area contributed by atoms with E-state index >= 15 is 0 Å². The molecule has 0 bridgehead atoms. The lowest BCUT2D eigenvalue weighted by Gasteiger charge is -2.32. The third-order valence-electron chi connectivity index (χ3n) is 20.3. The minimum atomic E-state index is -0.472. The average molecular weight is 1320 g/mol. The molecule has 14 rings (SSSR count). The molecule has 0 unspecified atom stereocenters. The van der Waals surface area contributed by atoms with Gasteiger partial charge >= 0.3 is 14.2 Å². The lowest BCUT2D eigenvalue weighted by Crippen LogP contribution is -2.41. The van der Waals surface area contributed by atoms with Gasteiger partial charge in [0.2, 0.25) is 0 Å². The maximum atomic E-state index is 6.63. The monoisotopic (exact) mass is 1320 g/mol. The molecular weight excluding hydrogens is 1230 g/mol. The molecular formula is C82H90B2Br2O4. The number of rotatable bonds is 4. The van der Waals surface area contributed by atoms with Gasteiger partial charge in [-0.05, 0) is 291 Å². The number of fused-ring (bicyclic) bond motifs is 4. The summed E-state index contributed by atoms with van der Waals surface area (Å²) in [7, 11) is -0.943. The Labute approximate surface area is 553 Å². The minimum absolute atomic E-state index is 0.00800. The van der Waals surface area contributed by atoms with Gasteiger partial charge in [-0.15, -0.1) is 0 Å². The van der Waals surface area contributed by atoms with Gasteiger partial charge in [0.15, 0.2) is 0 Å². The summed E-state index contributed by atoms with van der Waals surface area (Å²) in [4.78, 5) is 0. The van der Waals surface area contributed by atoms with Crippen molar-refractivity contribution in [2.45, 2.75) is 196 Å². The van der Waals surface area contributed by atoms with Crippen molar-refractivity contribution in [1.29, 1.82) is 0 Å². The van der Waals surface area contributed by atoms with Gasteiger partial charge in [0, 0.05) is 8.95 Å². The second-order valence-corrected chi connectivity index (χ2v) is 33.7. The second kappa shape index (κ2) is 21.9. The fourth-order valence-corrected chi connectivity index (χ4v) is 13.9. The summed E-state index contributed by atoms with van der Waals surface area (Å²) in [5.41, 5.74) is 10.7. The summed E-state index contributed by atoms with van der Waals surface area (Å²) in [6, 6.07) is 55.7. The van der Waals surface area contributed by atoms with Crippen LogP contribution in [0.5, 0.6) is 0 Å².